The van der Waals surface area contributed by atoms with E-state index in [4.69, 9.17) is 15.2 Å². The van der Waals surface area contributed by atoms with E-state index in [2.05, 4.69) is 24.9 Å². The van der Waals surface area contributed by atoms with Gasteiger partial charge in [-0.05, 0) is 25.6 Å². The summed E-state index contributed by atoms with van der Waals surface area (Å²) in [7, 11) is 3.76. The maximum absolute atomic E-state index is 6.07. The van der Waals surface area contributed by atoms with E-state index in [1.165, 1.54) is 0 Å². The van der Waals surface area contributed by atoms with E-state index < -0.39 is 0 Å². The van der Waals surface area contributed by atoms with Crippen molar-refractivity contribution in [2.45, 2.75) is 18.9 Å². The molecule has 0 amide bonds. The summed E-state index contributed by atoms with van der Waals surface area (Å²) in [5.74, 6) is 1.92. The Morgan fingerprint density at radius 1 is 1.44 bits per heavy atom. The third-order valence-corrected chi connectivity index (χ3v) is 3.43. The number of para-hydroxylation sites is 1. The van der Waals surface area contributed by atoms with Gasteiger partial charge in [0.05, 0.1) is 7.11 Å². The minimum atomic E-state index is 0.259. The zero-order valence-corrected chi connectivity index (χ0v) is 11.3. The Morgan fingerprint density at radius 3 is 2.72 bits per heavy atom. The van der Waals surface area contributed by atoms with Crippen LogP contribution in [0.3, 0.4) is 0 Å². The SMILES string of the molecule is COc1cccc(C(C)CN)c1OC1CN(C)C1. The van der Waals surface area contributed by atoms with Gasteiger partial charge in [-0.2, -0.15) is 0 Å². The van der Waals surface area contributed by atoms with Gasteiger partial charge in [-0.15, -0.1) is 0 Å². The highest BCUT2D eigenvalue weighted by Crippen LogP contribution is 2.36. The largest absolute Gasteiger partial charge is 0.493 e. The smallest absolute Gasteiger partial charge is 0.165 e. The molecule has 1 heterocycles. The highest BCUT2D eigenvalue weighted by Gasteiger charge is 2.27. The van der Waals surface area contributed by atoms with Gasteiger partial charge >= 0.3 is 0 Å². The Balaban J connectivity index is 2.23. The second kappa shape index (κ2) is 5.59. The van der Waals surface area contributed by atoms with Crippen LogP contribution in [0.4, 0.5) is 0 Å². The first-order chi connectivity index (χ1) is 8.65. The number of methoxy groups -OCH3 is 1. The van der Waals surface area contributed by atoms with Crippen molar-refractivity contribution in [3.8, 4) is 11.5 Å². The summed E-state index contributed by atoms with van der Waals surface area (Å²) in [6, 6.07) is 5.99. The van der Waals surface area contributed by atoms with Crippen LogP contribution in [0.25, 0.3) is 0 Å². The molecule has 0 spiro atoms. The lowest BCUT2D eigenvalue weighted by Gasteiger charge is -2.37. The molecule has 100 valence electrons. The summed E-state index contributed by atoms with van der Waals surface area (Å²) >= 11 is 0. The van der Waals surface area contributed by atoms with Gasteiger partial charge in [0.2, 0.25) is 0 Å². The van der Waals surface area contributed by atoms with Crippen LogP contribution in [0.1, 0.15) is 18.4 Å². The van der Waals surface area contributed by atoms with Crippen LogP contribution in [0, 0.1) is 0 Å². The monoisotopic (exact) mass is 250 g/mol. The normalized spacial score (nSPS) is 18.2. The number of hydrogen-bond acceptors (Lipinski definition) is 4. The van der Waals surface area contributed by atoms with Gasteiger partial charge in [-0.25, -0.2) is 0 Å². The number of nitrogens with zero attached hydrogens (tertiary/aromatic N) is 1. The van der Waals surface area contributed by atoms with E-state index in [9.17, 15) is 0 Å². The summed E-state index contributed by atoms with van der Waals surface area (Å²) in [6.45, 7) is 4.64. The van der Waals surface area contributed by atoms with Crippen molar-refractivity contribution in [3.63, 3.8) is 0 Å². The molecule has 1 aliphatic heterocycles. The van der Waals surface area contributed by atoms with Crippen LogP contribution in [0.5, 0.6) is 11.5 Å². The fourth-order valence-corrected chi connectivity index (χ4v) is 2.22. The predicted octanol–water partition coefficient (Wildman–Crippen LogP) is 1.45. The zero-order chi connectivity index (χ0) is 13.1. The maximum Gasteiger partial charge on any atom is 0.165 e. The maximum atomic E-state index is 6.07. The van der Waals surface area contributed by atoms with E-state index in [0.29, 0.717) is 6.54 Å². The van der Waals surface area contributed by atoms with Crippen LogP contribution in [-0.4, -0.2) is 44.8 Å². The van der Waals surface area contributed by atoms with Crippen LogP contribution in [0.15, 0.2) is 18.2 Å². The lowest BCUT2D eigenvalue weighted by Crippen LogP contribution is -2.51. The summed E-state index contributed by atoms with van der Waals surface area (Å²) in [6.07, 6.45) is 0.259. The van der Waals surface area contributed by atoms with Crippen molar-refractivity contribution in [2.75, 3.05) is 33.8 Å². The summed E-state index contributed by atoms with van der Waals surface area (Å²) in [5.41, 5.74) is 6.89. The third-order valence-electron chi connectivity index (χ3n) is 3.43. The van der Waals surface area contributed by atoms with Crippen LogP contribution in [-0.2, 0) is 0 Å². The molecule has 0 aliphatic carbocycles. The van der Waals surface area contributed by atoms with Gasteiger partial charge in [0.25, 0.3) is 0 Å². The molecule has 1 atom stereocenters. The lowest BCUT2D eigenvalue weighted by molar-refractivity contribution is 0.0360. The number of nitrogens with two attached hydrogens (primary N) is 1. The van der Waals surface area contributed by atoms with E-state index in [0.717, 1.165) is 30.2 Å². The molecular weight excluding hydrogens is 228 g/mol. The van der Waals surface area contributed by atoms with Crippen LogP contribution < -0.4 is 15.2 Å². The Kier molecular flexibility index (Phi) is 4.09. The summed E-state index contributed by atoms with van der Waals surface area (Å²) < 4.78 is 11.5. The number of ether oxygens (including phenoxy) is 2. The number of rotatable bonds is 5. The predicted molar refractivity (Wildman–Crippen MR) is 72.4 cm³/mol. The van der Waals surface area contributed by atoms with E-state index in [-0.39, 0.29) is 12.0 Å². The topological polar surface area (TPSA) is 47.7 Å². The molecule has 1 aromatic rings. The van der Waals surface area contributed by atoms with Gasteiger partial charge in [-0.3, -0.25) is 4.90 Å². The van der Waals surface area contributed by atoms with Crippen LogP contribution in [0.2, 0.25) is 0 Å². The molecule has 0 bridgehead atoms. The number of benzene rings is 1. The Morgan fingerprint density at radius 2 is 2.17 bits per heavy atom. The second-order valence-corrected chi connectivity index (χ2v) is 4.98. The fourth-order valence-electron chi connectivity index (χ4n) is 2.22. The number of likely N-dealkylation sites (tertiary alicyclic amines) is 1. The molecule has 4 heteroatoms. The zero-order valence-electron chi connectivity index (χ0n) is 11.3. The molecule has 4 nitrogen and oxygen atoms in total. The first-order valence-electron chi connectivity index (χ1n) is 6.37. The lowest BCUT2D eigenvalue weighted by atomic mass is 9.99. The standard InChI is InChI=1S/C14H22N2O2/c1-10(7-15)12-5-4-6-13(17-3)14(12)18-11-8-16(2)9-11/h4-6,10-11H,7-9,15H2,1-3H3. The third kappa shape index (κ3) is 2.60. The molecule has 0 saturated carbocycles. The van der Waals surface area contributed by atoms with Crippen molar-refractivity contribution >= 4 is 0 Å². The second-order valence-electron chi connectivity index (χ2n) is 4.98. The fraction of sp³-hybridized carbons (Fsp3) is 0.571. The summed E-state index contributed by atoms with van der Waals surface area (Å²) in [4.78, 5) is 2.23. The van der Waals surface area contributed by atoms with Gasteiger partial charge in [0.15, 0.2) is 11.5 Å². The van der Waals surface area contributed by atoms with Crippen molar-refractivity contribution in [3.05, 3.63) is 23.8 Å². The molecule has 1 saturated heterocycles. The highest BCUT2D eigenvalue weighted by molar-refractivity contribution is 5.48. The molecule has 1 fully saturated rings. The van der Waals surface area contributed by atoms with Gasteiger partial charge < -0.3 is 15.2 Å². The quantitative estimate of drug-likeness (QED) is 0.859. The Labute approximate surface area is 109 Å². The average molecular weight is 250 g/mol. The minimum Gasteiger partial charge on any atom is -0.493 e. The Bertz CT molecular complexity index is 403. The van der Waals surface area contributed by atoms with Crippen molar-refractivity contribution in [1.29, 1.82) is 0 Å². The molecule has 18 heavy (non-hydrogen) atoms. The molecule has 2 rings (SSSR count). The Hall–Kier alpha value is -1.26. The van der Waals surface area contributed by atoms with E-state index >= 15 is 0 Å². The average Bonchev–Trinajstić information content (AvgIpc) is 2.36. The molecule has 0 radical (unpaired) electrons. The molecular formula is C14H22N2O2. The highest BCUT2D eigenvalue weighted by atomic mass is 16.5. The first kappa shape index (κ1) is 13.2. The van der Waals surface area contributed by atoms with Crippen LogP contribution >= 0.6 is 0 Å². The first-order valence-corrected chi connectivity index (χ1v) is 6.37. The molecule has 1 aliphatic rings. The van der Waals surface area contributed by atoms with Gasteiger partial charge in [0.1, 0.15) is 6.10 Å². The van der Waals surface area contributed by atoms with Crippen molar-refractivity contribution in [1.82, 2.24) is 4.90 Å². The van der Waals surface area contributed by atoms with E-state index in [1.807, 2.05) is 12.1 Å². The number of likely N-dealkylation sites (N-methyl/N-ethyl adjacent to an activating group) is 1. The molecule has 0 aromatic heterocycles. The molecule has 1 unspecified atom stereocenters. The van der Waals surface area contributed by atoms with Gasteiger partial charge in [-0.1, -0.05) is 19.1 Å². The van der Waals surface area contributed by atoms with Crippen molar-refractivity contribution in [2.24, 2.45) is 5.73 Å². The number of hydrogen-bond donors (Lipinski definition) is 1. The summed E-state index contributed by atoms with van der Waals surface area (Å²) in [5, 5.41) is 0. The van der Waals surface area contributed by atoms with Crippen molar-refractivity contribution < 1.29 is 9.47 Å². The van der Waals surface area contributed by atoms with Gasteiger partial charge in [0, 0.05) is 18.7 Å². The molecule has 1 aromatic carbocycles. The molecule has 2 N–H and O–H groups in total. The van der Waals surface area contributed by atoms with E-state index in [1.54, 1.807) is 7.11 Å². The minimum absolute atomic E-state index is 0.259.